The first-order valence-electron chi connectivity index (χ1n) is 8.51. The monoisotopic (exact) mass is 297 g/mol. The third-order valence-corrected chi connectivity index (χ3v) is 5.03. The number of aliphatic hydroxyl groups is 1. The minimum absolute atomic E-state index is 0.205. The highest BCUT2D eigenvalue weighted by Crippen LogP contribution is 2.27. The number of likely N-dealkylation sites (N-methyl/N-ethyl adjacent to an activating group) is 1. The highest BCUT2D eigenvalue weighted by molar-refractivity contribution is 5.78. The second-order valence-electron chi connectivity index (χ2n) is 6.58. The number of carbonyl (C=O) groups excluding carboxylic acids is 1. The molecule has 0 aromatic rings. The van der Waals surface area contributed by atoms with E-state index in [0.29, 0.717) is 18.5 Å². The van der Waals surface area contributed by atoms with E-state index in [-0.39, 0.29) is 12.5 Å². The molecule has 2 rings (SSSR count). The number of aliphatic hydroxyl groups excluding tert-OH is 1. The molecule has 1 saturated carbocycles. The Morgan fingerprint density at radius 3 is 2.48 bits per heavy atom. The van der Waals surface area contributed by atoms with Crippen LogP contribution in [0.4, 0.5) is 0 Å². The van der Waals surface area contributed by atoms with Crippen LogP contribution in [0.15, 0.2) is 0 Å². The number of amides is 1. The normalized spacial score (nSPS) is 23.2. The van der Waals surface area contributed by atoms with Crippen LogP contribution in [-0.4, -0.2) is 73.2 Å². The van der Waals surface area contributed by atoms with Crippen molar-refractivity contribution in [2.45, 2.75) is 44.6 Å². The Morgan fingerprint density at radius 2 is 1.86 bits per heavy atom. The van der Waals surface area contributed by atoms with E-state index in [2.05, 4.69) is 17.3 Å². The second kappa shape index (κ2) is 8.71. The van der Waals surface area contributed by atoms with Crippen LogP contribution in [0.3, 0.4) is 0 Å². The van der Waals surface area contributed by atoms with E-state index < -0.39 is 0 Å². The molecule has 2 fully saturated rings. The summed E-state index contributed by atoms with van der Waals surface area (Å²) in [5.41, 5.74) is 0. The third kappa shape index (κ3) is 5.24. The van der Waals surface area contributed by atoms with E-state index in [1.54, 1.807) is 0 Å². The summed E-state index contributed by atoms with van der Waals surface area (Å²) < 4.78 is 0. The lowest BCUT2D eigenvalue weighted by molar-refractivity contribution is -0.132. The van der Waals surface area contributed by atoms with Gasteiger partial charge < -0.3 is 20.2 Å². The number of carbonyl (C=O) groups is 1. The highest BCUT2D eigenvalue weighted by Gasteiger charge is 2.25. The summed E-state index contributed by atoms with van der Waals surface area (Å²) in [6.07, 6.45) is 7.16. The number of nitrogens with one attached hydrogen (secondary N) is 1. The van der Waals surface area contributed by atoms with Gasteiger partial charge in [-0.3, -0.25) is 4.79 Å². The van der Waals surface area contributed by atoms with Gasteiger partial charge in [0, 0.05) is 38.8 Å². The second-order valence-corrected chi connectivity index (χ2v) is 6.58. The van der Waals surface area contributed by atoms with Crippen LogP contribution in [0.5, 0.6) is 0 Å². The number of hydrogen-bond acceptors (Lipinski definition) is 4. The Labute approximate surface area is 128 Å². The topological polar surface area (TPSA) is 55.8 Å². The van der Waals surface area contributed by atoms with Gasteiger partial charge in [0.2, 0.25) is 5.91 Å². The number of rotatable bonds is 6. The van der Waals surface area contributed by atoms with Crippen molar-refractivity contribution in [3.05, 3.63) is 0 Å². The molecular weight excluding hydrogens is 266 g/mol. The molecule has 0 radical (unpaired) electrons. The molecule has 21 heavy (non-hydrogen) atoms. The first kappa shape index (κ1) is 16.7. The predicted octanol–water partition coefficient (Wildman–Crippen LogP) is 0.681. The molecule has 1 amide bonds. The lowest BCUT2D eigenvalue weighted by atomic mass is 9.83. The molecule has 2 N–H and O–H groups in total. The zero-order chi connectivity index (χ0) is 15.1. The van der Waals surface area contributed by atoms with E-state index in [9.17, 15) is 9.90 Å². The molecule has 0 spiro atoms. The van der Waals surface area contributed by atoms with Crippen molar-refractivity contribution in [1.82, 2.24) is 15.1 Å². The minimum atomic E-state index is 0.205. The molecule has 122 valence electrons. The van der Waals surface area contributed by atoms with Gasteiger partial charge in [-0.25, -0.2) is 0 Å². The van der Waals surface area contributed by atoms with Crippen LogP contribution in [0.1, 0.15) is 38.5 Å². The zero-order valence-corrected chi connectivity index (χ0v) is 13.4. The van der Waals surface area contributed by atoms with Crippen LogP contribution >= 0.6 is 0 Å². The van der Waals surface area contributed by atoms with Crippen molar-refractivity contribution in [3.63, 3.8) is 0 Å². The van der Waals surface area contributed by atoms with Crippen LogP contribution in [-0.2, 0) is 4.79 Å². The molecule has 1 aliphatic carbocycles. The highest BCUT2D eigenvalue weighted by atomic mass is 16.3. The first-order valence-corrected chi connectivity index (χ1v) is 8.51. The van der Waals surface area contributed by atoms with Crippen LogP contribution < -0.4 is 5.32 Å². The number of nitrogens with zero attached hydrogens (tertiary/aromatic N) is 2. The fourth-order valence-corrected chi connectivity index (χ4v) is 3.57. The Morgan fingerprint density at radius 1 is 1.19 bits per heavy atom. The zero-order valence-electron chi connectivity index (χ0n) is 13.4. The van der Waals surface area contributed by atoms with Gasteiger partial charge >= 0.3 is 0 Å². The van der Waals surface area contributed by atoms with E-state index >= 15 is 0 Å². The summed E-state index contributed by atoms with van der Waals surface area (Å²) >= 11 is 0. The first-order chi connectivity index (χ1) is 10.2. The summed E-state index contributed by atoms with van der Waals surface area (Å²) in [5, 5.41) is 12.7. The summed E-state index contributed by atoms with van der Waals surface area (Å²) in [6, 6.07) is 0.298. The molecule has 0 aromatic heterocycles. The maximum Gasteiger partial charge on any atom is 0.236 e. The lowest BCUT2D eigenvalue weighted by Crippen LogP contribution is -2.51. The maximum absolute atomic E-state index is 12.3. The van der Waals surface area contributed by atoms with Gasteiger partial charge in [-0.2, -0.15) is 0 Å². The summed E-state index contributed by atoms with van der Waals surface area (Å²) in [6.45, 7) is 4.24. The maximum atomic E-state index is 12.3. The molecule has 2 aliphatic rings. The molecule has 1 atom stereocenters. The molecule has 5 nitrogen and oxygen atoms in total. The van der Waals surface area contributed by atoms with E-state index in [1.807, 2.05) is 4.90 Å². The van der Waals surface area contributed by atoms with Gasteiger partial charge in [-0.1, -0.05) is 19.3 Å². The molecule has 5 heteroatoms. The van der Waals surface area contributed by atoms with Crippen LogP contribution in [0, 0.1) is 5.92 Å². The predicted molar refractivity (Wildman–Crippen MR) is 84.1 cm³/mol. The summed E-state index contributed by atoms with van der Waals surface area (Å²) in [4.78, 5) is 16.5. The van der Waals surface area contributed by atoms with Crippen molar-refractivity contribution in [1.29, 1.82) is 0 Å². The van der Waals surface area contributed by atoms with Gasteiger partial charge in [-0.15, -0.1) is 0 Å². The molecule has 0 aromatic carbocycles. The van der Waals surface area contributed by atoms with Crippen LogP contribution in [0.25, 0.3) is 0 Å². The van der Waals surface area contributed by atoms with Gasteiger partial charge in [0.1, 0.15) is 0 Å². The van der Waals surface area contributed by atoms with Gasteiger partial charge in [0.05, 0.1) is 6.54 Å². The van der Waals surface area contributed by atoms with E-state index in [0.717, 1.165) is 32.6 Å². The standard InChI is InChI=1S/C16H31N3O2/c1-18-8-10-19(11-9-18)16(21)13-17-15(7-12-20)14-5-3-2-4-6-14/h14-15,17,20H,2-13H2,1H3/t15-/m1/s1. The Kier molecular flexibility index (Phi) is 6.93. The van der Waals surface area contributed by atoms with Crippen molar-refractivity contribution < 1.29 is 9.90 Å². The van der Waals surface area contributed by atoms with Gasteiger partial charge in [0.25, 0.3) is 0 Å². The Bertz CT molecular complexity index is 311. The van der Waals surface area contributed by atoms with E-state index in [4.69, 9.17) is 0 Å². The summed E-state index contributed by atoms with van der Waals surface area (Å²) in [7, 11) is 2.10. The lowest BCUT2D eigenvalue weighted by Gasteiger charge is -2.34. The van der Waals surface area contributed by atoms with Crippen molar-refractivity contribution in [3.8, 4) is 0 Å². The van der Waals surface area contributed by atoms with Crippen LogP contribution in [0.2, 0.25) is 0 Å². The fraction of sp³-hybridized carbons (Fsp3) is 0.938. The minimum Gasteiger partial charge on any atom is -0.396 e. The van der Waals surface area contributed by atoms with Crippen molar-refractivity contribution >= 4 is 5.91 Å². The Hall–Kier alpha value is -0.650. The number of hydrogen-bond donors (Lipinski definition) is 2. The molecule has 1 aliphatic heterocycles. The SMILES string of the molecule is CN1CCN(C(=O)CN[C@H](CCO)C2CCCCC2)CC1. The number of piperazine rings is 1. The third-order valence-electron chi connectivity index (χ3n) is 5.03. The smallest absolute Gasteiger partial charge is 0.236 e. The average Bonchev–Trinajstić information content (AvgIpc) is 2.52. The van der Waals surface area contributed by atoms with E-state index in [1.165, 1.54) is 32.1 Å². The molecular formula is C16H31N3O2. The van der Waals surface area contributed by atoms with Crippen molar-refractivity contribution in [2.24, 2.45) is 5.92 Å². The van der Waals surface area contributed by atoms with Crippen molar-refractivity contribution in [2.75, 3.05) is 46.4 Å². The molecule has 1 heterocycles. The largest absolute Gasteiger partial charge is 0.396 e. The molecule has 0 bridgehead atoms. The fourth-order valence-electron chi connectivity index (χ4n) is 3.57. The quantitative estimate of drug-likeness (QED) is 0.757. The van der Waals surface area contributed by atoms with Gasteiger partial charge in [-0.05, 0) is 32.2 Å². The summed E-state index contributed by atoms with van der Waals surface area (Å²) in [5.74, 6) is 0.841. The Balaban J connectivity index is 1.76. The van der Waals surface area contributed by atoms with Gasteiger partial charge in [0.15, 0.2) is 0 Å². The molecule has 1 saturated heterocycles. The molecule has 0 unspecified atom stereocenters. The average molecular weight is 297 g/mol.